The summed E-state index contributed by atoms with van der Waals surface area (Å²) in [6.07, 6.45) is 1.61. The normalized spacial score (nSPS) is 21.3. The molecule has 1 aromatic heterocycles. The second-order valence-electron chi connectivity index (χ2n) is 10.1. The summed E-state index contributed by atoms with van der Waals surface area (Å²) in [5, 5.41) is 4.17. The number of hydrogen-bond acceptors (Lipinski definition) is 7. The Morgan fingerprint density at radius 2 is 1.68 bits per heavy atom. The number of anilines is 5. The van der Waals surface area contributed by atoms with Gasteiger partial charge in [-0.25, -0.2) is 9.88 Å². The first-order valence-electron chi connectivity index (χ1n) is 12.8. The molecule has 3 aromatic rings. The first-order valence-corrected chi connectivity index (χ1v) is 13.5. The van der Waals surface area contributed by atoms with Crippen LogP contribution >= 0.6 is 23.2 Å². The van der Waals surface area contributed by atoms with Gasteiger partial charge in [-0.1, -0.05) is 29.3 Å². The van der Waals surface area contributed by atoms with E-state index in [1.165, 1.54) is 10.6 Å². The summed E-state index contributed by atoms with van der Waals surface area (Å²) in [6.45, 7) is 7.76. The average molecular weight is 550 g/mol. The standard InChI is InChI=1S/C28H29Cl2N7O/c1-17-15-35(16-18(2)34(17)3)20-9-7-19(8-10-20)33-25-13-24-21(14-32-25)27(38)37(28-31-11-12-36(24)28)26-22(29)5-4-6-23(26)30/h4-10,13-14,17-18H,11-12,15-16H2,1-3H3,(H,32,33)/t17-,18+. The van der Waals surface area contributed by atoms with E-state index in [9.17, 15) is 4.79 Å². The molecule has 1 saturated heterocycles. The predicted molar refractivity (Wildman–Crippen MR) is 156 cm³/mol. The lowest BCUT2D eigenvalue weighted by Gasteiger charge is -2.43. The summed E-state index contributed by atoms with van der Waals surface area (Å²) < 4.78 is 0. The lowest BCUT2D eigenvalue weighted by atomic mass is 10.1. The molecule has 2 aromatic carbocycles. The largest absolute Gasteiger partial charge is 0.368 e. The first kappa shape index (κ1) is 25.0. The van der Waals surface area contributed by atoms with Gasteiger partial charge in [-0.05, 0) is 57.3 Å². The number of aliphatic imine (C=N–C) groups is 1. The molecule has 6 rings (SSSR count). The smallest absolute Gasteiger partial charge is 0.268 e. The molecule has 38 heavy (non-hydrogen) atoms. The Bertz CT molecular complexity index is 1390. The van der Waals surface area contributed by atoms with Crippen LogP contribution in [0.5, 0.6) is 0 Å². The van der Waals surface area contributed by atoms with Gasteiger partial charge in [0.05, 0.1) is 33.5 Å². The van der Waals surface area contributed by atoms with Crippen molar-refractivity contribution in [3.8, 4) is 0 Å². The molecule has 0 unspecified atom stereocenters. The Balaban J connectivity index is 1.25. The summed E-state index contributed by atoms with van der Waals surface area (Å²) >= 11 is 12.9. The fourth-order valence-electron chi connectivity index (χ4n) is 5.39. The van der Waals surface area contributed by atoms with Crippen molar-refractivity contribution in [1.82, 2.24) is 9.88 Å². The first-order chi connectivity index (χ1) is 18.3. The molecule has 0 spiro atoms. The summed E-state index contributed by atoms with van der Waals surface area (Å²) in [7, 11) is 2.19. The number of halogens is 2. The van der Waals surface area contributed by atoms with Crippen molar-refractivity contribution in [2.75, 3.05) is 53.2 Å². The number of guanidine groups is 1. The van der Waals surface area contributed by atoms with E-state index in [2.05, 4.69) is 70.3 Å². The van der Waals surface area contributed by atoms with Crippen LogP contribution in [0.3, 0.4) is 0 Å². The Morgan fingerprint density at radius 3 is 2.37 bits per heavy atom. The quantitative estimate of drug-likeness (QED) is 0.463. The number of fused-ring (bicyclic) bond motifs is 3. The third kappa shape index (κ3) is 4.26. The zero-order chi connectivity index (χ0) is 26.6. The van der Waals surface area contributed by atoms with Gasteiger partial charge >= 0.3 is 0 Å². The third-order valence-electron chi connectivity index (χ3n) is 7.65. The van der Waals surface area contributed by atoms with Crippen LogP contribution in [0.15, 0.2) is 59.7 Å². The number of nitrogens with zero attached hydrogens (tertiary/aromatic N) is 6. The number of hydrogen-bond donors (Lipinski definition) is 1. The zero-order valence-electron chi connectivity index (χ0n) is 21.5. The minimum Gasteiger partial charge on any atom is -0.368 e. The molecular weight excluding hydrogens is 521 g/mol. The van der Waals surface area contributed by atoms with Gasteiger partial charge in [0.2, 0.25) is 5.96 Å². The van der Waals surface area contributed by atoms with E-state index in [1.54, 1.807) is 24.4 Å². The van der Waals surface area contributed by atoms with Crippen LogP contribution in [-0.4, -0.2) is 67.1 Å². The number of likely N-dealkylation sites (N-methyl/N-ethyl adjacent to an activating group) is 1. The van der Waals surface area contributed by atoms with Gasteiger partial charge in [-0.3, -0.25) is 14.7 Å². The summed E-state index contributed by atoms with van der Waals surface area (Å²) in [4.78, 5) is 31.2. The van der Waals surface area contributed by atoms with Gasteiger partial charge in [0, 0.05) is 55.4 Å². The number of carbonyl (C=O) groups is 1. The van der Waals surface area contributed by atoms with E-state index in [0.717, 1.165) is 24.5 Å². The highest BCUT2D eigenvalue weighted by Gasteiger charge is 2.40. The molecule has 10 heteroatoms. The molecule has 3 aliphatic rings. The Morgan fingerprint density at radius 1 is 1.00 bits per heavy atom. The molecule has 3 aliphatic heterocycles. The minimum atomic E-state index is -0.258. The van der Waals surface area contributed by atoms with Gasteiger partial charge in [0.25, 0.3) is 5.91 Å². The molecule has 0 aliphatic carbocycles. The van der Waals surface area contributed by atoms with E-state index in [0.29, 0.717) is 58.2 Å². The van der Waals surface area contributed by atoms with Crippen LogP contribution in [0.2, 0.25) is 10.0 Å². The monoisotopic (exact) mass is 549 g/mol. The third-order valence-corrected chi connectivity index (χ3v) is 8.26. The van der Waals surface area contributed by atoms with Gasteiger partial charge < -0.3 is 15.1 Å². The molecular formula is C28H29Cl2N7O. The SMILES string of the molecule is C[C@@H]1CN(c2ccc(Nc3cc4c(cn3)C(=O)N(c3c(Cl)cccc3Cl)C3=NCCN34)cc2)C[C@H](C)N1C. The molecule has 0 radical (unpaired) electrons. The Hall–Kier alpha value is -3.33. The number of nitrogens with one attached hydrogen (secondary N) is 1. The van der Waals surface area contributed by atoms with Gasteiger partial charge in [0.15, 0.2) is 0 Å². The second kappa shape index (κ2) is 9.76. The van der Waals surface area contributed by atoms with Crippen molar-refractivity contribution >= 4 is 63.6 Å². The van der Waals surface area contributed by atoms with E-state index in [4.69, 9.17) is 23.2 Å². The lowest BCUT2D eigenvalue weighted by molar-refractivity contribution is 0.1000. The molecule has 0 saturated carbocycles. The predicted octanol–water partition coefficient (Wildman–Crippen LogP) is 5.50. The minimum absolute atomic E-state index is 0.258. The zero-order valence-corrected chi connectivity index (χ0v) is 23.0. The topological polar surface area (TPSA) is 67.3 Å². The fraction of sp³-hybridized carbons (Fsp3) is 0.321. The number of piperazine rings is 1. The summed E-state index contributed by atoms with van der Waals surface area (Å²) in [6, 6.07) is 16.5. The summed E-state index contributed by atoms with van der Waals surface area (Å²) in [5.74, 6) is 0.919. The highest BCUT2D eigenvalue weighted by molar-refractivity contribution is 6.43. The number of pyridine rings is 1. The van der Waals surface area contributed by atoms with Crippen LogP contribution in [-0.2, 0) is 0 Å². The maximum atomic E-state index is 13.6. The molecule has 4 heterocycles. The van der Waals surface area contributed by atoms with Crippen LogP contribution in [0, 0.1) is 0 Å². The van der Waals surface area contributed by atoms with Crippen molar-refractivity contribution in [3.63, 3.8) is 0 Å². The van der Waals surface area contributed by atoms with E-state index < -0.39 is 0 Å². The van der Waals surface area contributed by atoms with Crippen LogP contribution in [0.4, 0.5) is 28.6 Å². The van der Waals surface area contributed by atoms with Gasteiger partial charge in [-0.15, -0.1) is 0 Å². The van der Waals surface area contributed by atoms with Gasteiger partial charge in [0.1, 0.15) is 5.82 Å². The van der Waals surface area contributed by atoms with E-state index >= 15 is 0 Å². The van der Waals surface area contributed by atoms with E-state index in [1.807, 2.05) is 11.0 Å². The Kier molecular flexibility index (Phi) is 6.42. The number of benzene rings is 2. The molecule has 2 atom stereocenters. The number of carbonyl (C=O) groups excluding carboxylic acids is 1. The lowest BCUT2D eigenvalue weighted by Crippen LogP contribution is -2.55. The van der Waals surface area contributed by atoms with Crippen molar-refractivity contribution < 1.29 is 4.79 Å². The maximum absolute atomic E-state index is 13.6. The fourth-order valence-corrected chi connectivity index (χ4v) is 5.96. The molecule has 8 nitrogen and oxygen atoms in total. The van der Waals surface area contributed by atoms with Crippen molar-refractivity contribution in [2.45, 2.75) is 25.9 Å². The van der Waals surface area contributed by atoms with E-state index in [-0.39, 0.29) is 5.91 Å². The number of rotatable bonds is 4. The van der Waals surface area contributed by atoms with Crippen molar-refractivity contribution in [2.24, 2.45) is 4.99 Å². The molecule has 1 amide bonds. The van der Waals surface area contributed by atoms with Crippen molar-refractivity contribution in [1.29, 1.82) is 0 Å². The number of aromatic nitrogens is 1. The van der Waals surface area contributed by atoms with Crippen LogP contribution < -0.4 is 20.0 Å². The molecule has 0 bridgehead atoms. The second-order valence-corrected chi connectivity index (χ2v) is 10.9. The Labute approximate surface area is 232 Å². The highest BCUT2D eigenvalue weighted by Crippen LogP contribution is 2.40. The van der Waals surface area contributed by atoms with Gasteiger partial charge in [-0.2, -0.15) is 0 Å². The highest BCUT2D eigenvalue weighted by atomic mass is 35.5. The summed E-state index contributed by atoms with van der Waals surface area (Å²) in [5.41, 5.74) is 3.81. The number of para-hydroxylation sites is 1. The molecule has 1 fully saturated rings. The van der Waals surface area contributed by atoms with Crippen LogP contribution in [0.25, 0.3) is 0 Å². The van der Waals surface area contributed by atoms with Crippen molar-refractivity contribution in [3.05, 3.63) is 70.3 Å². The van der Waals surface area contributed by atoms with Crippen LogP contribution in [0.1, 0.15) is 24.2 Å². The molecule has 196 valence electrons. The average Bonchev–Trinajstić information content (AvgIpc) is 3.39. The molecule has 1 N–H and O–H groups in total. The maximum Gasteiger partial charge on any atom is 0.268 e. The number of amides is 1.